The molecule has 1 aliphatic rings. The van der Waals surface area contributed by atoms with Crippen LogP contribution in [0.1, 0.15) is 12.8 Å². The fourth-order valence-electron chi connectivity index (χ4n) is 1.75. The van der Waals surface area contributed by atoms with Crippen LogP contribution in [0.15, 0.2) is 40.9 Å². The standard InChI is InChI=1S/C12H13BrN2O3S/c13-10-5-7-11(8-6-10)14-19(17,18)15-12(16)9-3-1-2-4-9/h1-2,5-9,14H,3-4H2,(H,15,16). The highest BCUT2D eigenvalue weighted by atomic mass is 79.9. The van der Waals surface area contributed by atoms with E-state index in [-0.39, 0.29) is 5.92 Å². The van der Waals surface area contributed by atoms with Crippen molar-refractivity contribution in [3.8, 4) is 0 Å². The first kappa shape index (κ1) is 14.1. The van der Waals surface area contributed by atoms with Crippen LogP contribution in [0.25, 0.3) is 0 Å². The average Bonchev–Trinajstić information content (AvgIpc) is 2.85. The minimum absolute atomic E-state index is 0.290. The summed E-state index contributed by atoms with van der Waals surface area (Å²) in [4.78, 5) is 11.7. The second-order valence-electron chi connectivity index (χ2n) is 4.22. The predicted molar refractivity (Wildman–Crippen MR) is 76.7 cm³/mol. The van der Waals surface area contributed by atoms with E-state index >= 15 is 0 Å². The molecule has 19 heavy (non-hydrogen) atoms. The van der Waals surface area contributed by atoms with Crippen LogP contribution < -0.4 is 9.44 Å². The van der Waals surface area contributed by atoms with Crippen molar-refractivity contribution in [2.45, 2.75) is 12.8 Å². The molecule has 0 aliphatic heterocycles. The van der Waals surface area contributed by atoms with Crippen LogP contribution in [0.3, 0.4) is 0 Å². The van der Waals surface area contributed by atoms with Gasteiger partial charge in [0.25, 0.3) is 0 Å². The highest BCUT2D eigenvalue weighted by Crippen LogP contribution is 2.18. The summed E-state index contributed by atoms with van der Waals surface area (Å²) in [6.45, 7) is 0. The van der Waals surface area contributed by atoms with Gasteiger partial charge in [-0.3, -0.25) is 9.52 Å². The van der Waals surface area contributed by atoms with Crippen LogP contribution in [0, 0.1) is 5.92 Å². The zero-order valence-corrected chi connectivity index (χ0v) is 12.4. The van der Waals surface area contributed by atoms with Gasteiger partial charge in [0.1, 0.15) is 0 Å². The highest BCUT2D eigenvalue weighted by molar-refractivity contribution is 9.10. The Hall–Kier alpha value is -1.34. The number of hydrogen-bond acceptors (Lipinski definition) is 3. The van der Waals surface area contributed by atoms with E-state index in [0.29, 0.717) is 18.5 Å². The smallest absolute Gasteiger partial charge is 0.274 e. The maximum absolute atomic E-state index is 11.8. The van der Waals surface area contributed by atoms with Gasteiger partial charge in [-0.2, -0.15) is 8.42 Å². The molecule has 0 saturated carbocycles. The number of carbonyl (C=O) groups is 1. The highest BCUT2D eigenvalue weighted by Gasteiger charge is 2.23. The van der Waals surface area contributed by atoms with E-state index in [4.69, 9.17) is 0 Å². The normalized spacial score (nSPS) is 15.4. The van der Waals surface area contributed by atoms with E-state index in [1.54, 1.807) is 24.3 Å². The van der Waals surface area contributed by atoms with Crippen molar-refractivity contribution in [2.75, 3.05) is 4.72 Å². The number of allylic oxidation sites excluding steroid dienone is 2. The number of rotatable bonds is 4. The molecule has 0 saturated heterocycles. The van der Waals surface area contributed by atoms with Crippen molar-refractivity contribution in [3.05, 3.63) is 40.9 Å². The lowest BCUT2D eigenvalue weighted by molar-refractivity contribution is -0.122. The second-order valence-corrected chi connectivity index (χ2v) is 6.55. The molecular weight excluding hydrogens is 332 g/mol. The van der Waals surface area contributed by atoms with Gasteiger partial charge in [-0.15, -0.1) is 0 Å². The molecule has 1 aromatic carbocycles. The summed E-state index contributed by atoms with van der Waals surface area (Å²) in [6.07, 6.45) is 4.91. The summed E-state index contributed by atoms with van der Waals surface area (Å²) >= 11 is 3.26. The zero-order chi connectivity index (χ0) is 13.9. The minimum atomic E-state index is -3.88. The van der Waals surface area contributed by atoms with Gasteiger partial charge in [-0.25, -0.2) is 4.72 Å². The number of benzene rings is 1. The largest absolute Gasteiger partial charge is 0.323 e. The zero-order valence-electron chi connectivity index (χ0n) is 9.97. The Morgan fingerprint density at radius 3 is 2.32 bits per heavy atom. The predicted octanol–water partition coefficient (Wildman–Crippen LogP) is 2.19. The van der Waals surface area contributed by atoms with Crippen LogP contribution in [-0.4, -0.2) is 14.3 Å². The fraction of sp³-hybridized carbons (Fsp3) is 0.250. The summed E-state index contributed by atoms with van der Waals surface area (Å²) in [7, 11) is -3.88. The van der Waals surface area contributed by atoms with Crippen LogP contribution in [-0.2, 0) is 15.0 Å². The van der Waals surface area contributed by atoms with Gasteiger partial charge in [0, 0.05) is 10.4 Å². The molecule has 0 aromatic heterocycles. The number of halogens is 1. The molecule has 0 bridgehead atoms. The lowest BCUT2D eigenvalue weighted by Crippen LogP contribution is -2.38. The molecular formula is C12H13BrN2O3S. The molecule has 102 valence electrons. The lowest BCUT2D eigenvalue weighted by Gasteiger charge is -2.12. The third-order valence-corrected chi connectivity index (χ3v) is 4.21. The van der Waals surface area contributed by atoms with Gasteiger partial charge >= 0.3 is 10.2 Å². The molecule has 2 N–H and O–H groups in total. The van der Waals surface area contributed by atoms with Crippen LogP contribution in [0.5, 0.6) is 0 Å². The summed E-state index contributed by atoms with van der Waals surface area (Å²) in [5.74, 6) is -0.767. The maximum Gasteiger partial charge on any atom is 0.323 e. The van der Waals surface area contributed by atoms with Crippen molar-refractivity contribution in [1.29, 1.82) is 0 Å². The molecule has 0 unspecified atom stereocenters. The van der Waals surface area contributed by atoms with E-state index in [9.17, 15) is 13.2 Å². The molecule has 1 amide bonds. The lowest BCUT2D eigenvalue weighted by atomic mass is 10.1. The first-order chi connectivity index (χ1) is 8.96. The van der Waals surface area contributed by atoms with Crippen LogP contribution in [0.2, 0.25) is 0 Å². The summed E-state index contributed by atoms with van der Waals surface area (Å²) in [5.41, 5.74) is 0.396. The Morgan fingerprint density at radius 2 is 1.74 bits per heavy atom. The Morgan fingerprint density at radius 1 is 1.16 bits per heavy atom. The Bertz CT molecular complexity index is 588. The van der Waals surface area contributed by atoms with Crippen molar-refractivity contribution < 1.29 is 13.2 Å². The second kappa shape index (κ2) is 5.75. The Kier molecular flexibility index (Phi) is 4.26. The molecule has 7 heteroatoms. The molecule has 2 rings (SSSR count). The summed E-state index contributed by atoms with van der Waals surface area (Å²) in [5, 5.41) is 0. The van der Waals surface area contributed by atoms with Gasteiger partial charge in [-0.1, -0.05) is 28.1 Å². The van der Waals surface area contributed by atoms with Crippen LogP contribution in [0.4, 0.5) is 5.69 Å². The quantitative estimate of drug-likeness (QED) is 0.822. The Labute approximate surface area is 120 Å². The first-order valence-corrected chi connectivity index (χ1v) is 7.99. The molecule has 0 heterocycles. The van der Waals surface area contributed by atoms with Gasteiger partial charge in [0.05, 0.1) is 5.69 Å². The number of carbonyl (C=O) groups excluding carboxylic acids is 1. The number of amides is 1. The topological polar surface area (TPSA) is 75.3 Å². The number of hydrogen-bond donors (Lipinski definition) is 2. The first-order valence-electron chi connectivity index (χ1n) is 5.71. The molecule has 0 spiro atoms. The minimum Gasteiger partial charge on any atom is -0.274 e. The van der Waals surface area contributed by atoms with Gasteiger partial charge in [0.2, 0.25) is 5.91 Å². The van der Waals surface area contributed by atoms with Crippen molar-refractivity contribution in [3.63, 3.8) is 0 Å². The fourth-order valence-corrected chi connectivity index (χ4v) is 2.94. The maximum atomic E-state index is 11.8. The number of nitrogens with one attached hydrogen (secondary N) is 2. The van der Waals surface area contributed by atoms with Crippen molar-refractivity contribution in [1.82, 2.24) is 4.72 Å². The van der Waals surface area contributed by atoms with Crippen molar-refractivity contribution in [2.24, 2.45) is 5.92 Å². The SMILES string of the molecule is O=C(NS(=O)(=O)Nc1ccc(Br)cc1)C1CC=CC1. The van der Waals surface area contributed by atoms with E-state index in [1.165, 1.54) is 0 Å². The van der Waals surface area contributed by atoms with Crippen molar-refractivity contribution >= 4 is 37.7 Å². The molecule has 0 fully saturated rings. The third-order valence-electron chi connectivity index (χ3n) is 2.71. The van der Waals surface area contributed by atoms with E-state index < -0.39 is 16.1 Å². The van der Waals surface area contributed by atoms with E-state index in [0.717, 1.165) is 4.47 Å². The van der Waals surface area contributed by atoms with Crippen LogP contribution >= 0.6 is 15.9 Å². The summed E-state index contributed by atoms with van der Waals surface area (Å²) < 4.78 is 28.7. The number of anilines is 1. The monoisotopic (exact) mass is 344 g/mol. The molecule has 0 atom stereocenters. The van der Waals surface area contributed by atoms with E-state index in [1.807, 2.05) is 16.9 Å². The third kappa shape index (κ3) is 4.07. The summed E-state index contributed by atoms with van der Waals surface area (Å²) in [6, 6.07) is 6.62. The molecule has 1 aromatic rings. The average molecular weight is 345 g/mol. The van der Waals surface area contributed by atoms with E-state index in [2.05, 4.69) is 20.7 Å². The molecule has 5 nitrogen and oxygen atoms in total. The van der Waals surface area contributed by atoms with Gasteiger partial charge in [-0.05, 0) is 37.1 Å². The molecule has 0 radical (unpaired) electrons. The van der Waals surface area contributed by atoms with Gasteiger partial charge in [0.15, 0.2) is 0 Å². The molecule has 1 aliphatic carbocycles. The van der Waals surface area contributed by atoms with Gasteiger partial charge < -0.3 is 0 Å². The Balaban J connectivity index is 1.98.